The number of thiocarbonyl (C=S) groups is 1. The number of anilines is 1. The van der Waals surface area contributed by atoms with E-state index in [1.54, 1.807) is 30.0 Å². The molecule has 3 rings (SSSR count). The molecule has 1 aromatic carbocycles. The third-order valence-electron chi connectivity index (χ3n) is 3.75. The first-order valence-corrected chi connectivity index (χ1v) is 12.1. The lowest BCUT2D eigenvalue weighted by Gasteiger charge is -2.13. The summed E-state index contributed by atoms with van der Waals surface area (Å²) in [6.07, 6.45) is 2.56. The van der Waals surface area contributed by atoms with Gasteiger partial charge in [0.25, 0.3) is 5.91 Å². The molecular weight excluding hydrogens is 468 g/mol. The number of carbonyl (C=O) groups is 2. The third kappa shape index (κ3) is 6.26. The number of nitrogens with one attached hydrogen (secondary N) is 1. The minimum absolute atomic E-state index is 0.138. The average Bonchev–Trinajstić information content (AvgIpc) is 3.23. The van der Waals surface area contributed by atoms with Gasteiger partial charge in [-0.15, -0.1) is 10.2 Å². The Hall–Kier alpha value is -1.46. The number of nitrogens with zero attached hydrogens (tertiary/aromatic N) is 3. The second kappa shape index (κ2) is 10.5. The molecule has 1 aliphatic heterocycles. The van der Waals surface area contributed by atoms with E-state index in [9.17, 15) is 9.59 Å². The second-order valence-corrected chi connectivity index (χ2v) is 10.4. The van der Waals surface area contributed by atoms with Gasteiger partial charge in [0.15, 0.2) is 4.34 Å². The Morgan fingerprint density at radius 3 is 2.83 bits per heavy atom. The molecule has 2 amide bonds. The smallest absolute Gasteiger partial charge is 0.266 e. The van der Waals surface area contributed by atoms with Gasteiger partial charge in [-0.2, -0.15) is 0 Å². The maximum absolute atomic E-state index is 12.6. The van der Waals surface area contributed by atoms with Gasteiger partial charge in [-0.1, -0.05) is 77.7 Å². The lowest BCUT2D eigenvalue weighted by Crippen LogP contribution is -2.29. The fourth-order valence-corrected chi connectivity index (χ4v) is 5.52. The molecule has 1 saturated heterocycles. The van der Waals surface area contributed by atoms with Crippen LogP contribution in [0.5, 0.6) is 0 Å². The van der Waals surface area contributed by atoms with Crippen molar-refractivity contribution in [1.29, 1.82) is 0 Å². The average molecular weight is 485 g/mol. The van der Waals surface area contributed by atoms with Crippen LogP contribution in [0, 0.1) is 0 Å². The van der Waals surface area contributed by atoms with Crippen LogP contribution in [0.4, 0.5) is 5.13 Å². The van der Waals surface area contributed by atoms with E-state index in [1.165, 1.54) is 28.0 Å². The number of halogens is 1. The van der Waals surface area contributed by atoms with Gasteiger partial charge in [0.2, 0.25) is 11.0 Å². The van der Waals surface area contributed by atoms with Crippen molar-refractivity contribution < 1.29 is 9.59 Å². The summed E-state index contributed by atoms with van der Waals surface area (Å²) in [6, 6.07) is 7.23. The van der Waals surface area contributed by atoms with Crippen LogP contribution in [-0.4, -0.2) is 43.5 Å². The predicted octanol–water partition coefficient (Wildman–Crippen LogP) is 4.92. The molecule has 29 heavy (non-hydrogen) atoms. The number of aromatic nitrogens is 2. The van der Waals surface area contributed by atoms with E-state index in [-0.39, 0.29) is 18.2 Å². The molecule has 2 heterocycles. The highest BCUT2D eigenvalue weighted by molar-refractivity contribution is 8.26. The standard InChI is InChI=1S/C18H17ClN4O2S4/c1-2-27-17-22-21-16(29-17)20-14(24)4-3-9-23-15(25)13(28-18(23)26)10-11-5-7-12(19)8-6-11/h5-8,10H,2-4,9H2,1H3,(H,20,21,24)/b13-10-. The summed E-state index contributed by atoms with van der Waals surface area (Å²) in [7, 11) is 0. The second-order valence-electron chi connectivity index (χ2n) is 5.84. The van der Waals surface area contributed by atoms with Crippen LogP contribution in [0.3, 0.4) is 0 Å². The Bertz CT molecular complexity index is 946. The largest absolute Gasteiger partial charge is 0.301 e. The quantitative estimate of drug-likeness (QED) is 0.246. The number of thioether (sulfide) groups is 2. The maximum Gasteiger partial charge on any atom is 0.266 e. The molecule has 1 N–H and O–H groups in total. The Balaban J connectivity index is 1.49. The van der Waals surface area contributed by atoms with Crippen LogP contribution in [0.1, 0.15) is 25.3 Å². The highest BCUT2D eigenvalue weighted by atomic mass is 35.5. The molecular formula is C18H17ClN4O2S4. The lowest BCUT2D eigenvalue weighted by molar-refractivity contribution is -0.122. The predicted molar refractivity (Wildman–Crippen MR) is 126 cm³/mol. The SMILES string of the molecule is CCSc1nnc(NC(=O)CCCN2C(=O)/C(=C/c3ccc(Cl)cc3)SC2=S)s1. The van der Waals surface area contributed by atoms with Crippen LogP contribution >= 0.6 is 58.7 Å². The Labute approximate surface area is 191 Å². The summed E-state index contributed by atoms with van der Waals surface area (Å²) >= 11 is 15.4. The van der Waals surface area contributed by atoms with Crippen molar-refractivity contribution in [1.82, 2.24) is 15.1 Å². The zero-order valence-corrected chi connectivity index (χ0v) is 19.4. The first-order chi connectivity index (χ1) is 14.0. The Morgan fingerprint density at radius 2 is 2.10 bits per heavy atom. The number of amides is 2. The summed E-state index contributed by atoms with van der Waals surface area (Å²) in [5.74, 6) is 0.607. The zero-order valence-electron chi connectivity index (χ0n) is 15.4. The van der Waals surface area contributed by atoms with Crippen molar-refractivity contribution in [3.8, 4) is 0 Å². The fraction of sp³-hybridized carbons (Fsp3) is 0.278. The summed E-state index contributed by atoms with van der Waals surface area (Å²) in [4.78, 5) is 26.8. The van der Waals surface area contributed by atoms with Gasteiger partial charge in [0.05, 0.1) is 4.91 Å². The number of hydrogen-bond donors (Lipinski definition) is 1. The number of benzene rings is 1. The summed E-state index contributed by atoms with van der Waals surface area (Å²) in [6.45, 7) is 2.42. The number of hydrogen-bond acceptors (Lipinski definition) is 8. The minimum Gasteiger partial charge on any atom is -0.301 e. The molecule has 6 nitrogen and oxygen atoms in total. The summed E-state index contributed by atoms with van der Waals surface area (Å²) in [5.41, 5.74) is 0.881. The fourth-order valence-electron chi connectivity index (χ4n) is 2.42. The molecule has 0 aliphatic carbocycles. The lowest BCUT2D eigenvalue weighted by atomic mass is 10.2. The summed E-state index contributed by atoms with van der Waals surface area (Å²) < 4.78 is 1.33. The summed E-state index contributed by atoms with van der Waals surface area (Å²) in [5, 5.41) is 11.8. The molecule has 0 bridgehead atoms. The third-order valence-corrected chi connectivity index (χ3v) is 7.23. The van der Waals surface area contributed by atoms with E-state index in [0.29, 0.717) is 32.3 Å². The molecule has 152 valence electrons. The monoisotopic (exact) mass is 484 g/mol. The maximum atomic E-state index is 12.6. The van der Waals surface area contributed by atoms with Gasteiger partial charge < -0.3 is 5.32 Å². The van der Waals surface area contributed by atoms with Crippen LogP contribution in [0.15, 0.2) is 33.5 Å². The highest BCUT2D eigenvalue weighted by Crippen LogP contribution is 2.33. The van der Waals surface area contributed by atoms with Gasteiger partial charge in [-0.05, 0) is 35.9 Å². The van der Waals surface area contributed by atoms with Crippen LogP contribution < -0.4 is 5.32 Å². The van der Waals surface area contributed by atoms with Crippen molar-refractivity contribution in [2.75, 3.05) is 17.6 Å². The van der Waals surface area contributed by atoms with Crippen LogP contribution in [0.2, 0.25) is 5.02 Å². The van der Waals surface area contributed by atoms with Crippen molar-refractivity contribution in [2.45, 2.75) is 24.1 Å². The molecule has 0 atom stereocenters. The van der Waals surface area contributed by atoms with Gasteiger partial charge >= 0.3 is 0 Å². The van der Waals surface area contributed by atoms with Crippen molar-refractivity contribution in [3.63, 3.8) is 0 Å². The molecule has 2 aromatic rings. The van der Waals surface area contributed by atoms with E-state index >= 15 is 0 Å². The van der Waals surface area contributed by atoms with E-state index in [0.717, 1.165) is 15.7 Å². The Kier molecular flexibility index (Phi) is 8.07. The minimum atomic E-state index is -0.156. The van der Waals surface area contributed by atoms with E-state index in [2.05, 4.69) is 15.5 Å². The van der Waals surface area contributed by atoms with Gasteiger partial charge in [-0.25, -0.2) is 0 Å². The van der Waals surface area contributed by atoms with E-state index in [4.69, 9.17) is 23.8 Å². The van der Waals surface area contributed by atoms with E-state index in [1.807, 2.05) is 19.1 Å². The van der Waals surface area contributed by atoms with Gasteiger partial charge in [0, 0.05) is 18.0 Å². The van der Waals surface area contributed by atoms with Crippen molar-refractivity contribution >= 4 is 86.0 Å². The molecule has 1 aliphatic rings. The molecule has 1 aromatic heterocycles. The van der Waals surface area contributed by atoms with Crippen LogP contribution in [0.25, 0.3) is 6.08 Å². The van der Waals surface area contributed by atoms with Crippen molar-refractivity contribution in [2.24, 2.45) is 0 Å². The molecule has 0 spiro atoms. The first kappa shape index (κ1) is 22.2. The molecule has 11 heteroatoms. The normalized spacial score (nSPS) is 15.4. The van der Waals surface area contributed by atoms with E-state index < -0.39 is 0 Å². The first-order valence-electron chi connectivity index (χ1n) is 8.73. The van der Waals surface area contributed by atoms with Crippen LogP contribution in [-0.2, 0) is 9.59 Å². The topological polar surface area (TPSA) is 75.2 Å². The molecule has 0 unspecified atom stereocenters. The highest BCUT2D eigenvalue weighted by Gasteiger charge is 2.31. The molecule has 0 radical (unpaired) electrons. The van der Waals surface area contributed by atoms with Crippen molar-refractivity contribution in [3.05, 3.63) is 39.8 Å². The number of rotatable bonds is 8. The molecule has 1 fully saturated rings. The van der Waals surface area contributed by atoms with Gasteiger partial charge in [0.1, 0.15) is 4.32 Å². The zero-order chi connectivity index (χ0) is 20.8. The molecule has 0 saturated carbocycles. The van der Waals surface area contributed by atoms with Gasteiger partial charge in [-0.3, -0.25) is 14.5 Å². The number of carbonyl (C=O) groups excluding carboxylic acids is 2. The Morgan fingerprint density at radius 1 is 1.34 bits per heavy atom.